The molecular formula is C13H19N3O3. The number of nitrogens with two attached hydrogens (primary N) is 1. The number of nitrogen functional groups attached to an aromatic ring is 1. The second kappa shape index (κ2) is 6.38. The highest BCUT2D eigenvalue weighted by atomic mass is 16.5. The number of carbonyl (C=O) groups excluding carboxylic acids is 1. The van der Waals surface area contributed by atoms with Crippen molar-refractivity contribution in [3.8, 4) is 0 Å². The van der Waals surface area contributed by atoms with Gasteiger partial charge in [0, 0.05) is 13.2 Å². The lowest BCUT2D eigenvalue weighted by Gasteiger charge is -2.12. The minimum atomic E-state index is -0.445. The van der Waals surface area contributed by atoms with Crippen LogP contribution in [0.2, 0.25) is 0 Å². The number of pyridine rings is 1. The van der Waals surface area contributed by atoms with Gasteiger partial charge in [-0.15, -0.1) is 0 Å². The molecule has 1 aliphatic rings. The molecule has 2 rings (SSSR count). The number of hydrogen-bond acceptors (Lipinski definition) is 6. The molecule has 0 saturated carbocycles. The summed E-state index contributed by atoms with van der Waals surface area (Å²) in [6.07, 6.45) is 4.94. The summed E-state index contributed by atoms with van der Waals surface area (Å²) in [5, 5.41) is 3.14. The molecule has 0 radical (unpaired) electrons. The Kier molecular flexibility index (Phi) is 4.57. The molecule has 104 valence electrons. The number of aromatic nitrogens is 1. The standard InChI is InChI=1S/C13H19N3O3/c1-18-13(17)11-7-9(14)8-16-12(11)15-5-4-10-3-2-6-19-10/h7-8,10H,2-6,14H2,1H3,(H,15,16). The molecule has 0 amide bonds. The van der Waals surface area contributed by atoms with Crippen LogP contribution in [-0.2, 0) is 9.47 Å². The van der Waals surface area contributed by atoms with E-state index in [1.807, 2.05) is 0 Å². The normalized spacial score (nSPS) is 18.3. The zero-order valence-electron chi connectivity index (χ0n) is 11.0. The molecule has 1 aromatic heterocycles. The predicted octanol–water partition coefficient (Wildman–Crippen LogP) is 1.43. The molecule has 0 aliphatic carbocycles. The lowest BCUT2D eigenvalue weighted by atomic mass is 10.2. The van der Waals surface area contributed by atoms with Gasteiger partial charge in [-0.25, -0.2) is 9.78 Å². The van der Waals surface area contributed by atoms with E-state index in [4.69, 9.17) is 15.2 Å². The Balaban J connectivity index is 1.96. The molecule has 2 heterocycles. The van der Waals surface area contributed by atoms with E-state index >= 15 is 0 Å². The van der Waals surface area contributed by atoms with Crippen LogP contribution in [0.5, 0.6) is 0 Å². The van der Waals surface area contributed by atoms with Gasteiger partial charge in [-0.2, -0.15) is 0 Å². The first-order valence-electron chi connectivity index (χ1n) is 6.40. The van der Waals surface area contributed by atoms with Crippen molar-refractivity contribution in [2.45, 2.75) is 25.4 Å². The highest BCUT2D eigenvalue weighted by molar-refractivity contribution is 5.95. The van der Waals surface area contributed by atoms with Crippen molar-refractivity contribution in [3.63, 3.8) is 0 Å². The van der Waals surface area contributed by atoms with Crippen molar-refractivity contribution in [1.82, 2.24) is 4.98 Å². The fourth-order valence-corrected chi connectivity index (χ4v) is 2.11. The van der Waals surface area contributed by atoms with Crippen molar-refractivity contribution in [2.75, 3.05) is 31.3 Å². The fourth-order valence-electron chi connectivity index (χ4n) is 2.11. The van der Waals surface area contributed by atoms with Gasteiger partial charge in [-0.05, 0) is 25.3 Å². The Morgan fingerprint density at radius 2 is 2.53 bits per heavy atom. The molecule has 3 N–H and O–H groups in total. The quantitative estimate of drug-likeness (QED) is 0.783. The van der Waals surface area contributed by atoms with Crippen LogP contribution in [0.15, 0.2) is 12.3 Å². The SMILES string of the molecule is COC(=O)c1cc(N)cnc1NCCC1CCCO1. The van der Waals surface area contributed by atoms with Gasteiger partial charge in [-0.3, -0.25) is 0 Å². The zero-order valence-corrected chi connectivity index (χ0v) is 11.0. The molecule has 6 nitrogen and oxygen atoms in total. The lowest BCUT2D eigenvalue weighted by molar-refractivity contribution is 0.0601. The molecular weight excluding hydrogens is 246 g/mol. The van der Waals surface area contributed by atoms with Crippen LogP contribution in [0.25, 0.3) is 0 Å². The largest absolute Gasteiger partial charge is 0.465 e. The topological polar surface area (TPSA) is 86.5 Å². The van der Waals surface area contributed by atoms with Gasteiger partial charge < -0.3 is 20.5 Å². The van der Waals surface area contributed by atoms with E-state index in [0.717, 1.165) is 25.9 Å². The number of rotatable bonds is 5. The maximum Gasteiger partial charge on any atom is 0.341 e. The van der Waals surface area contributed by atoms with Gasteiger partial charge in [0.2, 0.25) is 0 Å². The Labute approximate surface area is 112 Å². The van der Waals surface area contributed by atoms with Gasteiger partial charge in [0.05, 0.1) is 25.1 Å². The van der Waals surface area contributed by atoms with Crippen LogP contribution in [-0.4, -0.2) is 37.3 Å². The van der Waals surface area contributed by atoms with Crippen LogP contribution < -0.4 is 11.1 Å². The molecule has 0 bridgehead atoms. The van der Waals surface area contributed by atoms with Crippen molar-refractivity contribution < 1.29 is 14.3 Å². The molecule has 1 atom stereocenters. The maximum atomic E-state index is 11.6. The van der Waals surface area contributed by atoms with Gasteiger partial charge >= 0.3 is 5.97 Å². The summed E-state index contributed by atoms with van der Waals surface area (Å²) < 4.78 is 10.2. The summed E-state index contributed by atoms with van der Waals surface area (Å²) in [6.45, 7) is 1.55. The molecule has 1 fully saturated rings. The summed E-state index contributed by atoms with van der Waals surface area (Å²) in [5.74, 6) is 0.0541. The van der Waals surface area contributed by atoms with Crippen molar-refractivity contribution >= 4 is 17.5 Å². The number of nitrogens with one attached hydrogen (secondary N) is 1. The zero-order chi connectivity index (χ0) is 13.7. The maximum absolute atomic E-state index is 11.6. The number of anilines is 2. The van der Waals surface area contributed by atoms with E-state index in [9.17, 15) is 4.79 Å². The number of nitrogens with zero attached hydrogens (tertiary/aromatic N) is 1. The lowest BCUT2D eigenvalue weighted by Crippen LogP contribution is -2.16. The first-order chi connectivity index (χ1) is 9.20. The van der Waals surface area contributed by atoms with E-state index in [1.54, 1.807) is 6.07 Å². The van der Waals surface area contributed by atoms with Gasteiger partial charge in [0.15, 0.2) is 0 Å². The minimum absolute atomic E-state index is 0.308. The highest BCUT2D eigenvalue weighted by Gasteiger charge is 2.17. The third-order valence-electron chi connectivity index (χ3n) is 3.10. The monoisotopic (exact) mass is 265 g/mol. The molecule has 1 aromatic rings. The first-order valence-corrected chi connectivity index (χ1v) is 6.40. The summed E-state index contributed by atoms with van der Waals surface area (Å²) >= 11 is 0. The van der Waals surface area contributed by atoms with E-state index in [-0.39, 0.29) is 0 Å². The number of hydrogen-bond donors (Lipinski definition) is 2. The third-order valence-corrected chi connectivity index (χ3v) is 3.10. The second-order valence-electron chi connectivity index (χ2n) is 4.51. The average Bonchev–Trinajstić information content (AvgIpc) is 2.92. The van der Waals surface area contributed by atoms with Crippen molar-refractivity contribution in [3.05, 3.63) is 17.8 Å². The second-order valence-corrected chi connectivity index (χ2v) is 4.51. The fraction of sp³-hybridized carbons (Fsp3) is 0.538. The molecule has 1 aliphatic heterocycles. The molecule has 1 saturated heterocycles. The molecule has 0 spiro atoms. The minimum Gasteiger partial charge on any atom is -0.465 e. The van der Waals surface area contributed by atoms with Crippen molar-refractivity contribution in [1.29, 1.82) is 0 Å². The molecule has 0 aromatic carbocycles. The molecule has 1 unspecified atom stereocenters. The Bertz CT molecular complexity index is 445. The number of methoxy groups -OCH3 is 1. The molecule has 6 heteroatoms. The number of ether oxygens (including phenoxy) is 2. The summed E-state index contributed by atoms with van der Waals surface area (Å²) in [4.78, 5) is 15.8. The Hall–Kier alpha value is -1.82. The smallest absolute Gasteiger partial charge is 0.341 e. The highest BCUT2D eigenvalue weighted by Crippen LogP contribution is 2.18. The summed E-state index contributed by atoms with van der Waals surface area (Å²) in [7, 11) is 1.33. The average molecular weight is 265 g/mol. The van der Waals surface area contributed by atoms with E-state index in [1.165, 1.54) is 13.3 Å². The van der Waals surface area contributed by atoms with Crippen LogP contribution in [0.1, 0.15) is 29.6 Å². The number of esters is 1. The van der Waals surface area contributed by atoms with Crippen LogP contribution in [0.3, 0.4) is 0 Å². The Morgan fingerprint density at radius 3 is 3.21 bits per heavy atom. The van der Waals surface area contributed by atoms with Gasteiger partial charge in [0.1, 0.15) is 11.4 Å². The van der Waals surface area contributed by atoms with E-state index < -0.39 is 5.97 Å². The summed E-state index contributed by atoms with van der Waals surface area (Å²) in [6, 6.07) is 1.56. The van der Waals surface area contributed by atoms with E-state index in [0.29, 0.717) is 29.7 Å². The van der Waals surface area contributed by atoms with Gasteiger partial charge in [0.25, 0.3) is 0 Å². The number of carbonyl (C=O) groups is 1. The summed E-state index contributed by atoms with van der Waals surface area (Å²) in [5.41, 5.74) is 6.42. The predicted molar refractivity (Wildman–Crippen MR) is 72.1 cm³/mol. The van der Waals surface area contributed by atoms with Crippen LogP contribution >= 0.6 is 0 Å². The van der Waals surface area contributed by atoms with E-state index in [2.05, 4.69) is 10.3 Å². The van der Waals surface area contributed by atoms with Crippen LogP contribution in [0.4, 0.5) is 11.5 Å². The molecule has 19 heavy (non-hydrogen) atoms. The third kappa shape index (κ3) is 3.57. The first kappa shape index (κ1) is 13.6. The van der Waals surface area contributed by atoms with Crippen LogP contribution in [0, 0.1) is 0 Å². The van der Waals surface area contributed by atoms with Crippen molar-refractivity contribution in [2.24, 2.45) is 0 Å². The Morgan fingerprint density at radius 1 is 1.68 bits per heavy atom. The van der Waals surface area contributed by atoms with Gasteiger partial charge in [-0.1, -0.05) is 0 Å².